The second-order valence-electron chi connectivity index (χ2n) is 12.3. The van der Waals surface area contributed by atoms with Crippen LogP contribution in [0.15, 0.2) is 18.2 Å². The van der Waals surface area contributed by atoms with Crippen molar-refractivity contribution in [3.05, 3.63) is 29.3 Å². The number of aryl methyl sites for hydroxylation is 1. The molecule has 0 radical (unpaired) electrons. The van der Waals surface area contributed by atoms with Gasteiger partial charge in [0.25, 0.3) is 0 Å². The fourth-order valence-electron chi connectivity index (χ4n) is 4.70. The van der Waals surface area contributed by atoms with Gasteiger partial charge in [-0.05, 0) is 76.6 Å². The molecular formula is C32H55N3O5. The lowest BCUT2D eigenvalue weighted by Crippen LogP contribution is -2.55. The molecule has 8 nitrogen and oxygen atoms in total. The van der Waals surface area contributed by atoms with Gasteiger partial charge in [0.1, 0.15) is 23.4 Å². The summed E-state index contributed by atoms with van der Waals surface area (Å²) in [4.78, 5) is 42.5. The van der Waals surface area contributed by atoms with Crippen molar-refractivity contribution in [3.8, 4) is 5.75 Å². The highest BCUT2D eigenvalue weighted by Crippen LogP contribution is 2.28. The number of phenols is 1. The van der Waals surface area contributed by atoms with E-state index in [0.29, 0.717) is 17.7 Å². The molecule has 0 saturated carbocycles. The van der Waals surface area contributed by atoms with Crippen molar-refractivity contribution in [3.63, 3.8) is 0 Å². The highest BCUT2D eigenvalue weighted by Gasteiger charge is 2.37. The van der Waals surface area contributed by atoms with E-state index < -0.39 is 23.8 Å². The van der Waals surface area contributed by atoms with Gasteiger partial charge >= 0.3 is 6.09 Å². The maximum absolute atomic E-state index is 14.3. The fraction of sp³-hybridized carbons (Fsp3) is 0.719. The van der Waals surface area contributed by atoms with E-state index in [2.05, 4.69) is 24.5 Å². The summed E-state index contributed by atoms with van der Waals surface area (Å²) in [6, 6.07) is 3.17. The zero-order chi connectivity index (χ0) is 30.5. The number of carbonyl (C=O) groups excluding carboxylic acids is 3. The van der Waals surface area contributed by atoms with Crippen LogP contribution in [-0.4, -0.2) is 52.1 Å². The molecule has 0 heterocycles. The first-order valence-corrected chi connectivity index (χ1v) is 15.1. The molecule has 0 fully saturated rings. The summed E-state index contributed by atoms with van der Waals surface area (Å²) in [7, 11) is 0. The number of ether oxygens (including phenoxy) is 1. The van der Waals surface area contributed by atoms with Crippen molar-refractivity contribution in [2.75, 3.05) is 6.54 Å². The molecule has 228 valence electrons. The van der Waals surface area contributed by atoms with Gasteiger partial charge in [-0.15, -0.1) is 0 Å². The Morgan fingerprint density at radius 3 is 2.12 bits per heavy atom. The van der Waals surface area contributed by atoms with Crippen LogP contribution in [0.4, 0.5) is 4.79 Å². The number of aromatic hydroxyl groups is 1. The van der Waals surface area contributed by atoms with Gasteiger partial charge < -0.3 is 25.4 Å². The molecule has 3 amide bonds. The molecule has 0 spiro atoms. The number of benzene rings is 1. The standard InChI is InChI=1S/C32H55N3O5/c1-10-12-13-14-15-16-20-35(30(38)27(22(3)4)34-31(39)40-32(7,8)9)28(29(37)33-24(6)17-11-2)25-18-19-26(36)23(5)21-25/h18-19,21-22,24,27-28,36H,10-17,20H2,1-9H3,(H,33,37)(H,34,39). The van der Waals surface area contributed by atoms with Gasteiger partial charge in [-0.3, -0.25) is 9.59 Å². The average Bonchev–Trinajstić information content (AvgIpc) is 2.84. The lowest BCUT2D eigenvalue weighted by molar-refractivity contribution is -0.143. The Balaban J connectivity index is 3.49. The minimum absolute atomic E-state index is 0.0648. The van der Waals surface area contributed by atoms with Crippen LogP contribution in [0.1, 0.15) is 124 Å². The topological polar surface area (TPSA) is 108 Å². The normalized spacial score (nSPS) is 13.8. The van der Waals surface area contributed by atoms with Crippen LogP contribution < -0.4 is 10.6 Å². The van der Waals surface area contributed by atoms with Gasteiger partial charge in [-0.2, -0.15) is 0 Å². The zero-order valence-corrected chi connectivity index (χ0v) is 26.4. The minimum atomic E-state index is -0.913. The van der Waals surface area contributed by atoms with Gasteiger partial charge in [0, 0.05) is 12.6 Å². The summed E-state index contributed by atoms with van der Waals surface area (Å²) in [5, 5.41) is 16.1. The number of amides is 3. The van der Waals surface area contributed by atoms with Crippen LogP contribution in [0.25, 0.3) is 0 Å². The first-order valence-electron chi connectivity index (χ1n) is 15.1. The Labute approximate surface area is 242 Å². The number of alkyl carbamates (subject to hydrolysis) is 1. The predicted molar refractivity (Wildman–Crippen MR) is 161 cm³/mol. The highest BCUT2D eigenvalue weighted by molar-refractivity contribution is 5.92. The summed E-state index contributed by atoms with van der Waals surface area (Å²) in [6.45, 7) is 17.4. The van der Waals surface area contributed by atoms with Crippen LogP contribution in [0.3, 0.4) is 0 Å². The summed E-state index contributed by atoms with van der Waals surface area (Å²) in [5.74, 6) is -0.715. The van der Waals surface area contributed by atoms with E-state index in [9.17, 15) is 19.5 Å². The van der Waals surface area contributed by atoms with Crippen molar-refractivity contribution in [1.29, 1.82) is 0 Å². The van der Waals surface area contributed by atoms with E-state index >= 15 is 0 Å². The van der Waals surface area contributed by atoms with Gasteiger partial charge in [-0.1, -0.05) is 72.3 Å². The quantitative estimate of drug-likeness (QED) is 0.193. The summed E-state index contributed by atoms with van der Waals surface area (Å²) in [6.07, 6.45) is 7.24. The van der Waals surface area contributed by atoms with Crippen molar-refractivity contribution in [1.82, 2.24) is 15.5 Å². The molecule has 0 bridgehead atoms. The maximum Gasteiger partial charge on any atom is 0.408 e. The highest BCUT2D eigenvalue weighted by atomic mass is 16.6. The molecule has 0 aliphatic rings. The van der Waals surface area contributed by atoms with Gasteiger partial charge in [0.15, 0.2) is 0 Å². The zero-order valence-electron chi connectivity index (χ0n) is 26.4. The Morgan fingerprint density at radius 2 is 1.57 bits per heavy atom. The van der Waals surface area contributed by atoms with Crippen LogP contribution in [-0.2, 0) is 14.3 Å². The van der Waals surface area contributed by atoms with Crippen LogP contribution in [0, 0.1) is 12.8 Å². The smallest absolute Gasteiger partial charge is 0.408 e. The summed E-state index contributed by atoms with van der Waals surface area (Å²) in [5.41, 5.74) is 0.528. The predicted octanol–water partition coefficient (Wildman–Crippen LogP) is 6.78. The van der Waals surface area contributed by atoms with E-state index in [1.807, 2.05) is 20.8 Å². The Morgan fingerprint density at radius 1 is 0.950 bits per heavy atom. The number of nitrogens with one attached hydrogen (secondary N) is 2. The molecule has 0 aromatic heterocycles. The average molecular weight is 562 g/mol. The lowest BCUT2D eigenvalue weighted by Gasteiger charge is -2.36. The van der Waals surface area contributed by atoms with Crippen molar-refractivity contribution in [2.45, 2.75) is 137 Å². The number of hydrogen-bond acceptors (Lipinski definition) is 5. The Bertz CT molecular complexity index is 941. The molecule has 1 rings (SSSR count). The molecule has 0 saturated heterocycles. The minimum Gasteiger partial charge on any atom is -0.508 e. The van der Waals surface area contributed by atoms with Gasteiger partial charge in [0.2, 0.25) is 11.8 Å². The van der Waals surface area contributed by atoms with E-state index in [1.165, 1.54) is 6.42 Å². The summed E-state index contributed by atoms with van der Waals surface area (Å²) >= 11 is 0. The molecular weight excluding hydrogens is 506 g/mol. The van der Waals surface area contributed by atoms with Crippen LogP contribution in [0.2, 0.25) is 0 Å². The number of hydrogen-bond donors (Lipinski definition) is 3. The Hall–Kier alpha value is -2.77. The van der Waals surface area contributed by atoms with Crippen LogP contribution in [0.5, 0.6) is 5.75 Å². The largest absolute Gasteiger partial charge is 0.508 e. The van der Waals surface area contributed by atoms with Crippen molar-refractivity contribution >= 4 is 17.9 Å². The number of nitrogens with zero attached hydrogens (tertiary/aromatic N) is 1. The monoisotopic (exact) mass is 561 g/mol. The number of carbonyl (C=O) groups is 3. The fourth-order valence-corrected chi connectivity index (χ4v) is 4.70. The second-order valence-corrected chi connectivity index (χ2v) is 12.3. The SMILES string of the molecule is CCCCCCCCN(C(=O)C(NC(=O)OC(C)(C)C)C(C)C)C(C(=O)NC(C)CCC)c1ccc(O)c(C)c1. The maximum atomic E-state index is 14.3. The molecule has 1 aromatic carbocycles. The van der Waals surface area contributed by atoms with Crippen molar-refractivity contribution < 1.29 is 24.2 Å². The summed E-state index contributed by atoms with van der Waals surface area (Å²) < 4.78 is 5.46. The number of unbranched alkanes of at least 4 members (excludes halogenated alkanes) is 5. The third-order valence-electron chi connectivity index (χ3n) is 6.85. The Kier molecular flexibility index (Phi) is 15.1. The van der Waals surface area contributed by atoms with Crippen molar-refractivity contribution in [2.24, 2.45) is 5.92 Å². The van der Waals surface area contributed by atoms with Crippen LogP contribution >= 0.6 is 0 Å². The van der Waals surface area contributed by atoms with Gasteiger partial charge in [-0.25, -0.2) is 4.79 Å². The van der Waals surface area contributed by atoms with E-state index in [4.69, 9.17) is 4.74 Å². The third-order valence-corrected chi connectivity index (χ3v) is 6.85. The van der Waals surface area contributed by atoms with Gasteiger partial charge in [0.05, 0.1) is 0 Å². The van der Waals surface area contributed by atoms with E-state index in [0.717, 1.165) is 44.9 Å². The second kappa shape index (κ2) is 17.1. The molecule has 3 N–H and O–H groups in total. The molecule has 0 aliphatic heterocycles. The van der Waals surface area contributed by atoms with E-state index in [-0.39, 0.29) is 29.5 Å². The number of rotatable bonds is 16. The molecule has 0 aliphatic carbocycles. The molecule has 1 aromatic rings. The first-order chi connectivity index (χ1) is 18.7. The molecule has 40 heavy (non-hydrogen) atoms. The lowest BCUT2D eigenvalue weighted by atomic mass is 9.97. The number of phenolic OH excluding ortho intramolecular Hbond substituents is 1. The molecule has 8 heteroatoms. The molecule has 3 atom stereocenters. The van der Waals surface area contributed by atoms with E-state index in [1.54, 1.807) is 50.8 Å². The first kappa shape index (κ1) is 35.3. The molecule has 3 unspecified atom stereocenters. The third kappa shape index (κ3) is 12.2.